The predicted molar refractivity (Wildman–Crippen MR) is 98.0 cm³/mol. The molecule has 0 saturated heterocycles. The number of nitro groups is 1. The van der Waals surface area contributed by atoms with Crippen LogP contribution in [0.2, 0.25) is 0 Å². The van der Waals surface area contributed by atoms with Crippen molar-refractivity contribution in [2.45, 2.75) is 59.0 Å². The third-order valence-electron chi connectivity index (χ3n) is 5.07. The van der Waals surface area contributed by atoms with E-state index in [1.165, 1.54) is 28.7 Å². The standard InChI is InChI=1S/C19H24N4O3/c1-12(16-9-8-15-6-4-5-7-17(15)10-16)20-18(24)11-22-14(3)19(23(25)26)13(2)21-22/h8-10,12H,4-7,11H2,1-3H3,(H,20,24)/t12-/m0/s1. The fourth-order valence-electron chi connectivity index (χ4n) is 3.63. The summed E-state index contributed by atoms with van der Waals surface area (Å²) in [5.41, 5.74) is 4.56. The van der Waals surface area contributed by atoms with E-state index in [9.17, 15) is 14.9 Å². The number of benzene rings is 1. The van der Waals surface area contributed by atoms with Crippen LogP contribution in [0.4, 0.5) is 5.69 Å². The van der Waals surface area contributed by atoms with Gasteiger partial charge in [0, 0.05) is 0 Å². The molecule has 0 spiro atoms. The fraction of sp³-hybridized carbons (Fsp3) is 0.474. The summed E-state index contributed by atoms with van der Waals surface area (Å²) in [6, 6.07) is 6.30. The zero-order chi connectivity index (χ0) is 18.8. The number of aryl methyl sites for hydroxylation is 3. The molecule has 0 radical (unpaired) electrons. The SMILES string of the molecule is Cc1nn(CC(=O)N[C@@H](C)c2ccc3c(c2)CCCC3)c(C)c1[N+](=O)[O-]. The van der Waals surface area contributed by atoms with Crippen molar-refractivity contribution < 1.29 is 9.72 Å². The summed E-state index contributed by atoms with van der Waals surface area (Å²) in [6.45, 7) is 5.11. The van der Waals surface area contributed by atoms with Gasteiger partial charge in [-0.15, -0.1) is 0 Å². The van der Waals surface area contributed by atoms with Crippen molar-refractivity contribution in [3.8, 4) is 0 Å². The molecular weight excluding hydrogens is 332 g/mol. The van der Waals surface area contributed by atoms with Crippen LogP contribution in [0.15, 0.2) is 18.2 Å². The van der Waals surface area contributed by atoms with Crippen LogP contribution >= 0.6 is 0 Å². The highest BCUT2D eigenvalue weighted by Crippen LogP contribution is 2.25. The number of hydrogen-bond donors (Lipinski definition) is 1. The van der Waals surface area contributed by atoms with E-state index in [0.717, 1.165) is 18.4 Å². The van der Waals surface area contributed by atoms with Crippen LogP contribution in [-0.4, -0.2) is 20.6 Å². The second-order valence-electron chi connectivity index (χ2n) is 6.96. The summed E-state index contributed by atoms with van der Waals surface area (Å²) in [5, 5.41) is 18.2. The van der Waals surface area contributed by atoms with E-state index in [-0.39, 0.29) is 24.2 Å². The molecule has 0 saturated carbocycles. The van der Waals surface area contributed by atoms with Crippen LogP contribution in [0.5, 0.6) is 0 Å². The molecular formula is C19H24N4O3. The number of hydrogen-bond acceptors (Lipinski definition) is 4. The molecule has 0 aliphatic heterocycles. The molecule has 0 fully saturated rings. The number of rotatable bonds is 5. The van der Waals surface area contributed by atoms with Gasteiger partial charge in [-0.2, -0.15) is 5.10 Å². The Labute approximate surface area is 152 Å². The number of aromatic nitrogens is 2. The average molecular weight is 356 g/mol. The molecule has 1 N–H and O–H groups in total. The normalized spacial score (nSPS) is 14.6. The van der Waals surface area contributed by atoms with E-state index >= 15 is 0 Å². The summed E-state index contributed by atoms with van der Waals surface area (Å²) >= 11 is 0. The molecule has 1 aromatic heterocycles. The molecule has 1 aromatic carbocycles. The molecule has 26 heavy (non-hydrogen) atoms. The van der Waals surface area contributed by atoms with Gasteiger partial charge in [0.1, 0.15) is 17.9 Å². The molecule has 1 atom stereocenters. The van der Waals surface area contributed by atoms with Crippen molar-refractivity contribution in [1.29, 1.82) is 0 Å². The summed E-state index contributed by atoms with van der Waals surface area (Å²) < 4.78 is 1.39. The summed E-state index contributed by atoms with van der Waals surface area (Å²) in [7, 11) is 0. The molecule has 1 aliphatic rings. The van der Waals surface area contributed by atoms with Gasteiger partial charge in [-0.3, -0.25) is 19.6 Å². The number of carbonyl (C=O) groups is 1. The van der Waals surface area contributed by atoms with Crippen molar-refractivity contribution >= 4 is 11.6 Å². The summed E-state index contributed by atoms with van der Waals surface area (Å²) in [6.07, 6.45) is 4.69. The topological polar surface area (TPSA) is 90.1 Å². The molecule has 3 rings (SSSR count). The Morgan fingerprint density at radius 1 is 1.31 bits per heavy atom. The Kier molecular flexibility index (Phi) is 5.06. The van der Waals surface area contributed by atoms with Gasteiger partial charge < -0.3 is 5.32 Å². The van der Waals surface area contributed by atoms with Crippen LogP contribution in [-0.2, 0) is 24.2 Å². The summed E-state index contributed by atoms with van der Waals surface area (Å²) in [5.74, 6) is -0.212. The first kappa shape index (κ1) is 18.1. The highest BCUT2D eigenvalue weighted by Gasteiger charge is 2.23. The third-order valence-corrected chi connectivity index (χ3v) is 5.07. The molecule has 2 aromatic rings. The van der Waals surface area contributed by atoms with Crippen molar-refractivity contribution in [3.63, 3.8) is 0 Å². The van der Waals surface area contributed by atoms with Gasteiger partial charge in [-0.05, 0) is 63.1 Å². The molecule has 1 heterocycles. The predicted octanol–water partition coefficient (Wildman–Crippen LogP) is 3.16. The van der Waals surface area contributed by atoms with E-state index in [0.29, 0.717) is 11.4 Å². The Morgan fingerprint density at radius 2 is 2.00 bits per heavy atom. The van der Waals surface area contributed by atoms with Crippen LogP contribution in [0.3, 0.4) is 0 Å². The highest BCUT2D eigenvalue weighted by molar-refractivity contribution is 5.76. The zero-order valence-corrected chi connectivity index (χ0v) is 15.4. The van der Waals surface area contributed by atoms with E-state index in [1.54, 1.807) is 13.8 Å². The van der Waals surface area contributed by atoms with Gasteiger partial charge in [0.2, 0.25) is 5.91 Å². The molecule has 1 aliphatic carbocycles. The molecule has 1 amide bonds. The largest absolute Gasteiger partial charge is 0.348 e. The van der Waals surface area contributed by atoms with E-state index in [2.05, 4.69) is 28.6 Å². The Morgan fingerprint density at radius 3 is 2.65 bits per heavy atom. The quantitative estimate of drug-likeness (QED) is 0.658. The van der Waals surface area contributed by atoms with Crippen LogP contribution in [0, 0.1) is 24.0 Å². The Hall–Kier alpha value is -2.70. The van der Waals surface area contributed by atoms with Crippen molar-refractivity contribution in [1.82, 2.24) is 15.1 Å². The minimum Gasteiger partial charge on any atom is -0.348 e. The van der Waals surface area contributed by atoms with Crippen molar-refractivity contribution in [2.24, 2.45) is 0 Å². The lowest BCUT2D eigenvalue weighted by Crippen LogP contribution is -2.31. The smallest absolute Gasteiger partial charge is 0.312 e. The number of carbonyl (C=O) groups excluding carboxylic acids is 1. The number of nitrogens with zero attached hydrogens (tertiary/aromatic N) is 3. The monoisotopic (exact) mass is 356 g/mol. The first-order chi connectivity index (χ1) is 12.4. The van der Waals surface area contributed by atoms with Gasteiger partial charge in [0.05, 0.1) is 11.0 Å². The van der Waals surface area contributed by atoms with E-state index in [4.69, 9.17) is 0 Å². The highest BCUT2D eigenvalue weighted by atomic mass is 16.6. The maximum atomic E-state index is 12.4. The molecule has 7 nitrogen and oxygen atoms in total. The number of fused-ring (bicyclic) bond motifs is 1. The fourth-order valence-corrected chi connectivity index (χ4v) is 3.63. The van der Waals surface area contributed by atoms with Crippen LogP contribution in [0.25, 0.3) is 0 Å². The number of nitrogens with one attached hydrogen (secondary N) is 1. The second kappa shape index (κ2) is 7.27. The molecule has 7 heteroatoms. The lowest BCUT2D eigenvalue weighted by Gasteiger charge is -2.20. The Balaban J connectivity index is 1.68. The van der Waals surface area contributed by atoms with E-state index in [1.807, 2.05) is 6.92 Å². The van der Waals surface area contributed by atoms with Gasteiger partial charge in [0.25, 0.3) is 0 Å². The van der Waals surface area contributed by atoms with E-state index < -0.39 is 4.92 Å². The van der Waals surface area contributed by atoms with Gasteiger partial charge in [-0.25, -0.2) is 0 Å². The van der Waals surface area contributed by atoms with Gasteiger partial charge in [-0.1, -0.05) is 18.2 Å². The zero-order valence-electron chi connectivity index (χ0n) is 15.4. The second-order valence-corrected chi connectivity index (χ2v) is 6.96. The maximum Gasteiger partial charge on any atom is 0.312 e. The first-order valence-corrected chi connectivity index (χ1v) is 8.96. The number of amides is 1. The molecule has 0 unspecified atom stereocenters. The lowest BCUT2D eigenvalue weighted by atomic mass is 9.89. The van der Waals surface area contributed by atoms with Gasteiger partial charge in [0.15, 0.2) is 0 Å². The van der Waals surface area contributed by atoms with Crippen LogP contribution in [0.1, 0.15) is 53.9 Å². The average Bonchev–Trinajstić information content (AvgIpc) is 2.87. The van der Waals surface area contributed by atoms with Crippen LogP contribution < -0.4 is 5.32 Å². The lowest BCUT2D eigenvalue weighted by molar-refractivity contribution is -0.386. The van der Waals surface area contributed by atoms with Gasteiger partial charge >= 0.3 is 5.69 Å². The van der Waals surface area contributed by atoms with Crippen molar-refractivity contribution in [3.05, 3.63) is 56.4 Å². The first-order valence-electron chi connectivity index (χ1n) is 8.96. The third kappa shape index (κ3) is 3.61. The Bertz CT molecular complexity index is 857. The summed E-state index contributed by atoms with van der Waals surface area (Å²) in [4.78, 5) is 23.0. The minimum atomic E-state index is -0.457. The minimum absolute atomic E-state index is 0.0273. The maximum absolute atomic E-state index is 12.4. The molecule has 138 valence electrons. The van der Waals surface area contributed by atoms with Crippen molar-refractivity contribution in [2.75, 3.05) is 0 Å². The molecule has 0 bridgehead atoms.